The van der Waals surface area contributed by atoms with Gasteiger partial charge in [0.25, 0.3) is 5.60 Å². The summed E-state index contributed by atoms with van der Waals surface area (Å²) < 4.78 is 4.55. The van der Waals surface area contributed by atoms with Crippen LogP contribution in [0, 0.1) is 0 Å². The molecule has 18 heavy (non-hydrogen) atoms. The molecule has 0 fully saturated rings. The second kappa shape index (κ2) is 5.56. The molecule has 1 rings (SSSR count). The maximum absolute atomic E-state index is 11.6. The highest BCUT2D eigenvalue weighted by Gasteiger charge is 2.48. The molecule has 7 heteroatoms. The predicted molar refractivity (Wildman–Crippen MR) is 64.6 cm³/mol. The summed E-state index contributed by atoms with van der Waals surface area (Å²) in [5.74, 6) is -3.06. The summed E-state index contributed by atoms with van der Waals surface area (Å²) in [4.78, 5) is 22.7. The third-order valence-electron chi connectivity index (χ3n) is 2.16. The Morgan fingerprint density at radius 2 is 1.78 bits per heavy atom. The number of rotatable bonds is 4. The van der Waals surface area contributed by atoms with E-state index >= 15 is 0 Å². The zero-order valence-electron chi connectivity index (χ0n) is 9.31. The first kappa shape index (κ1) is 14.8. The van der Waals surface area contributed by atoms with E-state index in [0.717, 1.165) is 12.1 Å². The number of hydrogen-bond donors (Lipinski definition) is 2. The van der Waals surface area contributed by atoms with Crippen LogP contribution in [0.5, 0.6) is 0 Å². The summed E-state index contributed by atoms with van der Waals surface area (Å²) in [6.45, 7) is 1.42. The van der Waals surface area contributed by atoms with Crippen LogP contribution in [-0.2, 0) is 19.9 Å². The Morgan fingerprint density at radius 1 is 1.28 bits per heavy atom. The normalized spacial score (nSPS) is 13.8. The zero-order valence-corrected chi connectivity index (χ0v) is 10.8. The first-order chi connectivity index (χ1) is 8.32. The predicted octanol–water partition coefficient (Wildman–Crippen LogP) is 1.83. The molecule has 1 unspecified atom stereocenters. The first-order valence-electron chi connectivity index (χ1n) is 4.92. The Hall–Kier alpha value is -1.30. The van der Waals surface area contributed by atoms with Gasteiger partial charge in [0.15, 0.2) is 0 Å². The molecule has 0 saturated heterocycles. The van der Waals surface area contributed by atoms with Crippen molar-refractivity contribution in [2.45, 2.75) is 12.5 Å². The molecule has 0 bridgehead atoms. The number of carboxylic acids is 1. The van der Waals surface area contributed by atoms with Crippen molar-refractivity contribution in [2.75, 3.05) is 6.61 Å². The van der Waals surface area contributed by atoms with E-state index in [9.17, 15) is 14.7 Å². The number of halogens is 2. The van der Waals surface area contributed by atoms with Gasteiger partial charge in [0.2, 0.25) is 0 Å². The fraction of sp³-hybridized carbons (Fsp3) is 0.273. The van der Waals surface area contributed by atoms with Crippen molar-refractivity contribution in [1.29, 1.82) is 0 Å². The minimum atomic E-state index is -2.83. The molecule has 0 aliphatic carbocycles. The number of esters is 1. The van der Waals surface area contributed by atoms with Crippen molar-refractivity contribution >= 4 is 35.1 Å². The number of aliphatic carboxylic acids is 1. The van der Waals surface area contributed by atoms with Crippen LogP contribution in [0.1, 0.15) is 12.5 Å². The van der Waals surface area contributed by atoms with Gasteiger partial charge < -0.3 is 14.9 Å². The molecule has 0 heterocycles. The van der Waals surface area contributed by atoms with Crippen molar-refractivity contribution in [3.05, 3.63) is 33.8 Å². The highest BCUT2D eigenvalue weighted by molar-refractivity contribution is 6.34. The number of carbonyl (C=O) groups is 2. The van der Waals surface area contributed by atoms with Crippen molar-refractivity contribution < 1.29 is 24.5 Å². The van der Waals surface area contributed by atoms with Crippen molar-refractivity contribution in [3.8, 4) is 0 Å². The number of carbonyl (C=O) groups excluding carboxylic acids is 1. The molecular formula is C11H10Cl2O5. The molecule has 98 valence electrons. The Balaban J connectivity index is 3.35. The van der Waals surface area contributed by atoms with E-state index in [1.807, 2.05) is 0 Å². The number of benzene rings is 1. The van der Waals surface area contributed by atoms with Gasteiger partial charge in [0.05, 0.1) is 6.61 Å². The quantitative estimate of drug-likeness (QED) is 0.653. The lowest BCUT2D eigenvalue weighted by atomic mass is 9.94. The summed E-state index contributed by atoms with van der Waals surface area (Å²) in [5.41, 5.74) is -3.09. The van der Waals surface area contributed by atoms with Gasteiger partial charge in [0.1, 0.15) is 0 Å². The van der Waals surface area contributed by atoms with Crippen LogP contribution < -0.4 is 0 Å². The molecule has 0 spiro atoms. The number of hydrogen-bond acceptors (Lipinski definition) is 4. The van der Waals surface area contributed by atoms with E-state index < -0.39 is 17.5 Å². The number of aliphatic hydroxyl groups is 1. The minimum absolute atomic E-state index is 0.0667. The molecule has 1 atom stereocenters. The fourth-order valence-corrected chi connectivity index (χ4v) is 1.85. The molecule has 0 amide bonds. The van der Waals surface area contributed by atoms with E-state index in [2.05, 4.69) is 4.74 Å². The molecule has 0 aliphatic rings. The molecule has 1 aromatic rings. The van der Waals surface area contributed by atoms with Crippen LogP contribution in [0.3, 0.4) is 0 Å². The topological polar surface area (TPSA) is 83.8 Å². The van der Waals surface area contributed by atoms with Crippen LogP contribution in [0.4, 0.5) is 0 Å². The summed E-state index contributed by atoms with van der Waals surface area (Å²) in [5, 5.41) is 19.2. The second-order valence-electron chi connectivity index (χ2n) is 3.39. The van der Waals surface area contributed by atoms with Gasteiger partial charge >= 0.3 is 11.9 Å². The average Bonchev–Trinajstić information content (AvgIpc) is 2.26. The highest BCUT2D eigenvalue weighted by atomic mass is 35.5. The van der Waals surface area contributed by atoms with E-state index in [0.29, 0.717) is 0 Å². The summed E-state index contributed by atoms with van der Waals surface area (Å²) >= 11 is 11.4. The molecule has 2 N–H and O–H groups in total. The van der Waals surface area contributed by atoms with Gasteiger partial charge in [-0.05, 0) is 25.1 Å². The maximum Gasteiger partial charge on any atom is 0.354 e. The van der Waals surface area contributed by atoms with Gasteiger partial charge in [0, 0.05) is 15.6 Å². The third-order valence-corrected chi connectivity index (χ3v) is 2.60. The minimum Gasteiger partial charge on any atom is -0.478 e. The van der Waals surface area contributed by atoms with Crippen LogP contribution in [0.25, 0.3) is 0 Å². The molecule has 0 saturated carbocycles. The van der Waals surface area contributed by atoms with Gasteiger partial charge in [-0.15, -0.1) is 0 Å². The Bertz CT molecular complexity index is 468. The monoisotopic (exact) mass is 292 g/mol. The van der Waals surface area contributed by atoms with Crippen LogP contribution >= 0.6 is 23.2 Å². The van der Waals surface area contributed by atoms with Crippen molar-refractivity contribution in [2.24, 2.45) is 0 Å². The van der Waals surface area contributed by atoms with Crippen molar-refractivity contribution in [3.63, 3.8) is 0 Å². The summed E-state index contributed by atoms with van der Waals surface area (Å²) in [6.07, 6.45) is 0. The lowest BCUT2D eigenvalue weighted by Gasteiger charge is -2.21. The lowest BCUT2D eigenvalue weighted by Crippen LogP contribution is -2.45. The van der Waals surface area contributed by atoms with Crippen LogP contribution in [0.15, 0.2) is 18.2 Å². The first-order valence-corrected chi connectivity index (χ1v) is 5.67. The van der Waals surface area contributed by atoms with E-state index in [4.69, 9.17) is 28.3 Å². The Kier molecular flexibility index (Phi) is 4.56. The third kappa shape index (κ3) is 2.75. The molecule has 5 nitrogen and oxygen atoms in total. The highest BCUT2D eigenvalue weighted by Crippen LogP contribution is 2.29. The van der Waals surface area contributed by atoms with E-state index in [1.54, 1.807) is 0 Å². The van der Waals surface area contributed by atoms with Crippen molar-refractivity contribution in [1.82, 2.24) is 0 Å². The number of carboxylic acid groups (broad SMARTS) is 1. The summed E-state index contributed by atoms with van der Waals surface area (Å²) in [7, 11) is 0. The van der Waals surface area contributed by atoms with Gasteiger partial charge in [-0.1, -0.05) is 23.2 Å². The standard InChI is InChI=1S/C11H10Cl2O5/c1-2-18-10(16)11(17,9(14)15)6-3-7(12)5-8(13)4-6/h3-5,17H,2H2,1H3,(H,14,15). The Labute approximate surface area is 113 Å². The molecule has 1 aromatic carbocycles. The molecule has 0 aromatic heterocycles. The van der Waals surface area contributed by atoms with Crippen LogP contribution in [0.2, 0.25) is 10.0 Å². The maximum atomic E-state index is 11.6. The van der Waals surface area contributed by atoms with Gasteiger partial charge in [-0.2, -0.15) is 0 Å². The average molecular weight is 293 g/mol. The van der Waals surface area contributed by atoms with Gasteiger partial charge in [-0.25, -0.2) is 9.59 Å². The lowest BCUT2D eigenvalue weighted by molar-refractivity contribution is -0.181. The smallest absolute Gasteiger partial charge is 0.354 e. The molecule has 0 radical (unpaired) electrons. The molecular weight excluding hydrogens is 283 g/mol. The Morgan fingerprint density at radius 3 is 2.17 bits per heavy atom. The van der Waals surface area contributed by atoms with Gasteiger partial charge in [-0.3, -0.25) is 0 Å². The summed E-state index contributed by atoms with van der Waals surface area (Å²) in [6, 6.07) is 3.62. The SMILES string of the molecule is CCOC(=O)C(O)(C(=O)O)c1cc(Cl)cc(Cl)c1. The number of ether oxygens (including phenoxy) is 1. The van der Waals surface area contributed by atoms with E-state index in [-0.39, 0.29) is 22.2 Å². The molecule has 0 aliphatic heterocycles. The second-order valence-corrected chi connectivity index (χ2v) is 4.27. The van der Waals surface area contributed by atoms with Crippen LogP contribution in [-0.4, -0.2) is 28.8 Å². The zero-order chi connectivity index (χ0) is 13.9. The van der Waals surface area contributed by atoms with E-state index in [1.165, 1.54) is 13.0 Å². The largest absolute Gasteiger partial charge is 0.478 e. The fourth-order valence-electron chi connectivity index (χ4n) is 1.33.